The predicted octanol–water partition coefficient (Wildman–Crippen LogP) is 7.22. The van der Waals surface area contributed by atoms with Crippen molar-refractivity contribution in [3.8, 4) is 5.75 Å². The number of hydrogen-bond donors (Lipinski definition) is 0. The standard InChI is InChI=1S/C28H34N2O2S/c1-4-21-12-8-10-16-24(21)29-28-30(23-14-6-5-7-15-23)27(31)26(33-28)18-22-13-9-11-17-25(22)32-19-20(2)3/h8-13,16-18,20,23H,4-7,14-15,19H2,1-3H3/b26-18+,29-28?. The molecule has 0 aromatic heterocycles. The Labute approximate surface area is 202 Å². The monoisotopic (exact) mass is 462 g/mol. The largest absolute Gasteiger partial charge is 0.493 e. The molecule has 1 amide bonds. The van der Waals surface area contributed by atoms with Crippen molar-refractivity contribution in [3.63, 3.8) is 0 Å². The van der Waals surface area contributed by atoms with Crippen LogP contribution in [0.15, 0.2) is 58.4 Å². The summed E-state index contributed by atoms with van der Waals surface area (Å²) in [5.74, 6) is 1.32. The Hall–Kier alpha value is -2.53. The molecular formula is C28H34N2O2S. The fourth-order valence-corrected chi connectivity index (χ4v) is 5.42. The lowest BCUT2D eigenvalue weighted by Crippen LogP contribution is -2.40. The summed E-state index contributed by atoms with van der Waals surface area (Å²) in [7, 11) is 0. The molecule has 0 atom stereocenters. The number of amides is 1. The second-order valence-electron chi connectivity index (χ2n) is 9.20. The van der Waals surface area contributed by atoms with Gasteiger partial charge in [-0.25, -0.2) is 4.99 Å². The van der Waals surface area contributed by atoms with Crippen LogP contribution in [0.4, 0.5) is 5.69 Å². The lowest BCUT2D eigenvalue weighted by molar-refractivity contribution is -0.124. The van der Waals surface area contributed by atoms with Gasteiger partial charge in [-0.05, 0) is 60.7 Å². The Morgan fingerprint density at radius 3 is 2.58 bits per heavy atom. The van der Waals surface area contributed by atoms with Gasteiger partial charge >= 0.3 is 0 Å². The molecule has 5 heteroatoms. The maximum Gasteiger partial charge on any atom is 0.267 e. The molecular weight excluding hydrogens is 428 g/mol. The van der Waals surface area contributed by atoms with Crippen molar-refractivity contribution in [3.05, 3.63) is 64.6 Å². The molecule has 2 fully saturated rings. The van der Waals surface area contributed by atoms with E-state index in [0.29, 0.717) is 17.4 Å². The first-order valence-electron chi connectivity index (χ1n) is 12.2. The Morgan fingerprint density at radius 2 is 1.82 bits per heavy atom. The fraction of sp³-hybridized carbons (Fsp3) is 0.429. The van der Waals surface area contributed by atoms with Crippen molar-refractivity contribution >= 4 is 34.6 Å². The molecule has 1 saturated heterocycles. The zero-order chi connectivity index (χ0) is 23.2. The number of nitrogens with zero attached hydrogens (tertiary/aromatic N) is 2. The van der Waals surface area contributed by atoms with Gasteiger partial charge in [0.05, 0.1) is 17.2 Å². The molecule has 1 saturated carbocycles. The minimum absolute atomic E-state index is 0.0679. The highest BCUT2D eigenvalue weighted by Crippen LogP contribution is 2.39. The SMILES string of the molecule is CCc1ccccc1N=C1S/C(=C/c2ccccc2OCC(C)C)C(=O)N1C1CCCCC1. The summed E-state index contributed by atoms with van der Waals surface area (Å²) in [5.41, 5.74) is 3.09. The number of para-hydroxylation sites is 2. The van der Waals surface area contributed by atoms with Crippen LogP contribution in [0.1, 0.15) is 64.0 Å². The number of hydrogen-bond acceptors (Lipinski definition) is 4. The van der Waals surface area contributed by atoms with Gasteiger partial charge in [-0.15, -0.1) is 0 Å². The van der Waals surface area contributed by atoms with Crippen LogP contribution in [0, 0.1) is 5.92 Å². The van der Waals surface area contributed by atoms with E-state index in [9.17, 15) is 4.79 Å². The minimum Gasteiger partial charge on any atom is -0.493 e. The summed E-state index contributed by atoms with van der Waals surface area (Å²) in [5, 5.41) is 0.805. The second kappa shape index (κ2) is 11.1. The molecule has 33 heavy (non-hydrogen) atoms. The van der Waals surface area contributed by atoms with E-state index in [-0.39, 0.29) is 11.9 Å². The van der Waals surface area contributed by atoms with E-state index < -0.39 is 0 Å². The van der Waals surface area contributed by atoms with Crippen LogP contribution in [-0.2, 0) is 11.2 Å². The first-order valence-corrected chi connectivity index (χ1v) is 13.0. The molecule has 0 unspecified atom stereocenters. The van der Waals surface area contributed by atoms with Crippen LogP contribution in [0.3, 0.4) is 0 Å². The van der Waals surface area contributed by atoms with Crippen molar-refractivity contribution in [1.29, 1.82) is 0 Å². The van der Waals surface area contributed by atoms with E-state index in [2.05, 4.69) is 26.8 Å². The van der Waals surface area contributed by atoms with Crippen LogP contribution in [0.5, 0.6) is 5.75 Å². The van der Waals surface area contributed by atoms with Crippen molar-refractivity contribution < 1.29 is 9.53 Å². The molecule has 1 aliphatic heterocycles. The number of rotatable bonds is 7. The van der Waals surface area contributed by atoms with E-state index in [1.807, 2.05) is 53.4 Å². The number of aryl methyl sites for hydroxylation is 1. The average Bonchev–Trinajstić information content (AvgIpc) is 3.13. The molecule has 0 spiro atoms. The first kappa shape index (κ1) is 23.6. The van der Waals surface area contributed by atoms with Crippen LogP contribution >= 0.6 is 11.8 Å². The quantitative estimate of drug-likeness (QED) is 0.408. The van der Waals surface area contributed by atoms with Crippen molar-refractivity contribution in [2.75, 3.05) is 6.61 Å². The van der Waals surface area contributed by atoms with Gasteiger partial charge in [0.25, 0.3) is 5.91 Å². The van der Waals surface area contributed by atoms with Gasteiger partial charge in [0.2, 0.25) is 0 Å². The van der Waals surface area contributed by atoms with Gasteiger partial charge in [-0.3, -0.25) is 9.69 Å². The minimum atomic E-state index is 0.0679. The summed E-state index contributed by atoms with van der Waals surface area (Å²) in [6.45, 7) is 7.06. The smallest absolute Gasteiger partial charge is 0.267 e. The molecule has 0 N–H and O–H groups in total. The van der Waals surface area contributed by atoms with Crippen molar-refractivity contribution in [2.24, 2.45) is 10.9 Å². The van der Waals surface area contributed by atoms with Crippen molar-refractivity contribution in [1.82, 2.24) is 4.90 Å². The Morgan fingerprint density at radius 1 is 1.09 bits per heavy atom. The number of amidine groups is 1. The number of benzene rings is 2. The lowest BCUT2D eigenvalue weighted by Gasteiger charge is -2.30. The van der Waals surface area contributed by atoms with E-state index in [0.717, 1.165) is 41.4 Å². The van der Waals surface area contributed by atoms with Crippen LogP contribution < -0.4 is 4.74 Å². The van der Waals surface area contributed by atoms with E-state index >= 15 is 0 Å². The maximum atomic E-state index is 13.7. The Balaban J connectivity index is 1.70. The van der Waals surface area contributed by atoms with Crippen molar-refractivity contribution in [2.45, 2.75) is 65.3 Å². The summed E-state index contributed by atoms with van der Waals surface area (Å²) in [6.07, 6.45) is 8.57. The average molecular weight is 463 g/mol. The molecule has 4 nitrogen and oxygen atoms in total. The Bertz CT molecular complexity index is 1040. The summed E-state index contributed by atoms with van der Waals surface area (Å²) in [4.78, 5) is 21.4. The third-order valence-corrected chi connectivity index (χ3v) is 7.13. The zero-order valence-corrected chi connectivity index (χ0v) is 20.7. The molecule has 4 rings (SSSR count). The number of carbonyl (C=O) groups excluding carboxylic acids is 1. The zero-order valence-electron chi connectivity index (χ0n) is 19.9. The molecule has 0 bridgehead atoms. The second-order valence-corrected chi connectivity index (χ2v) is 10.2. The molecule has 2 aromatic rings. The van der Waals surface area contributed by atoms with Gasteiger partial charge in [-0.1, -0.05) is 76.4 Å². The topological polar surface area (TPSA) is 41.9 Å². The van der Waals surface area contributed by atoms with Gasteiger partial charge in [0.1, 0.15) is 5.75 Å². The lowest BCUT2D eigenvalue weighted by atomic mass is 9.94. The highest BCUT2D eigenvalue weighted by molar-refractivity contribution is 8.18. The highest BCUT2D eigenvalue weighted by Gasteiger charge is 2.38. The Kier molecular flexibility index (Phi) is 7.92. The molecule has 0 radical (unpaired) electrons. The molecule has 174 valence electrons. The highest BCUT2D eigenvalue weighted by atomic mass is 32.2. The summed E-state index contributed by atoms with van der Waals surface area (Å²) < 4.78 is 6.03. The van der Waals surface area contributed by atoms with Gasteiger partial charge in [-0.2, -0.15) is 0 Å². The van der Waals surface area contributed by atoms with E-state index in [1.165, 1.54) is 36.6 Å². The number of aliphatic imine (C=N–C) groups is 1. The number of ether oxygens (including phenoxy) is 1. The molecule has 2 aliphatic rings. The normalized spacial score (nSPS) is 19.8. The number of carbonyl (C=O) groups is 1. The first-order chi connectivity index (χ1) is 16.1. The third-order valence-electron chi connectivity index (χ3n) is 6.14. The third kappa shape index (κ3) is 5.70. The summed E-state index contributed by atoms with van der Waals surface area (Å²) in [6, 6.07) is 16.4. The van der Waals surface area contributed by atoms with Gasteiger partial charge in [0.15, 0.2) is 5.17 Å². The van der Waals surface area contributed by atoms with Gasteiger partial charge in [0, 0.05) is 11.6 Å². The van der Waals surface area contributed by atoms with E-state index in [1.54, 1.807) is 0 Å². The fourth-order valence-electron chi connectivity index (χ4n) is 4.38. The molecule has 1 aliphatic carbocycles. The van der Waals surface area contributed by atoms with E-state index in [4.69, 9.17) is 9.73 Å². The van der Waals surface area contributed by atoms with Crippen LogP contribution in [0.25, 0.3) is 6.08 Å². The molecule has 1 heterocycles. The maximum absolute atomic E-state index is 13.7. The van der Waals surface area contributed by atoms with Crippen LogP contribution in [0.2, 0.25) is 0 Å². The van der Waals surface area contributed by atoms with Gasteiger partial charge < -0.3 is 4.74 Å². The number of thioether (sulfide) groups is 1. The predicted molar refractivity (Wildman–Crippen MR) is 139 cm³/mol. The molecule has 2 aromatic carbocycles. The summed E-state index contributed by atoms with van der Waals surface area (Å²) >= 11 is 1.49. The van der Waals surface area contributed by atoms with Crippen LogP contribution in [-0.4, -0.2) is 28.6 Å².